The lowest BCUT2D eigenvalue weighted by Crippen LogP contribution is -2.09. The molecule has 1 atom stereocenters. The van der Waals surface area contributed by atoms with Gasteiger partial charge in [-0.2, -0.15) is 0 Å². The van der Waals surface area contributed by atoms with E-state index in [0.717, 1.165) is 29.6 Å². The molecule has 0 saturated heterocycles. The number of aromatic nitrogens is 3. The Morgan fingerprint density at radius 1 is 1.50 bits per heavy atom. The zero-order chi connectivity index (χ0) is 11.7. The molecular formula is C12H18N4. The number of imidazole rings is 1. The van der Waals surface area contributed by atoms with Gasteiger partial charge < -0.3 is 5.73 Å². The van der Waals surface area contributed by atoms with Crippen molar-refractivity contribution >= 4 is 17.1 Å². The Hall–Kier alpha value is -1.58. The van der Waals surface area contributed by atoms with Crippen LogP contribution < -0.4 is 5.73 Å². The third-order valence-electron chi connectivity index (χ3n) is 2.84. The third-order valence-corrected chi connectivity index (χ3v) is 2.84. The first kappa shape index (κ1) is 10.9. The van der Waals surface area contributed by atoms with Crippen LogP contribution in [0, 0.1) is 6.92 Å². The van der Waals surface area contributed by atoms with Crippen molar-refractivity contribution in [2.75, 3.05) is 5.73 Å². The molecule has 4 nitrogen and oxygen atoms in total. The molecule has 16 heavy (non-hydrogen) atoms. The van der Waals surface area contributed by atoms with E-state index in [1.54, 1.807) is 0 Å². The van der Waals surface area contributed by atoms with Gasteiger partial charge in [-0.1, -0.05) is 13.3 Å². The van der Waals surface area contributed by atoms with E-state index in [1.807, 2.05) is 23.8 Å². The van der Waals surface area contributed by atoms with Crippen LogP contribution in [0.2, 0.25) is 0 Å². The summed E-state index contributed by atoms with van der Waals surface area (Å²) in [5.41, 5.74) is 8.84. The van der Waals surface area contributed by atoms with Crippen LogP contribution in [0.15, 0.2) is 12.3 Å². The molecule has 2 N–H and O–H groups in total. The molecule has 2 aromatic rings. The molecule has 0 aliphatic rings. The smallest absolute Gasteiger partial charge is 0.202 e. The Morgan fingerprint density at radius 2 is 2.25 bits per heavy atom. The normalized spacial score (nSPS) is 13.2. The maximum Gasteiger partial charge on any atom is 0.202 e. The van der Waals surface area contributed by atoms with Crippen molar-refractivity contribution in [2.45, 2.75) is 39.7 Å². The number of rotatable bonds is 3. The highest BCUT2D eigenvalue weighted by molar-refractivity contribution is 5.74. The van der Waals surface area contributed by atoms with Gasteiger partial charge in [0.15, 0.2) is 5.65 Å². The maximum atomic E-state index is 5.95. The van der Waals surface area contributed by atoms with Crippen molar-refractivity contribution in [1.82, 2.24) is 14.5 Å². The molecule has 0 amide bonds. The lowest BCUT2D eigenvalue weighted by Gasteiger charge is -2.14. The quantitative estimate of drug-likeness (QED) is 0.861. The average Bonchev–Trinajstić information content (AvgIpc) is 2.53. The highest BCUT2D eigenvalue weighted by atomic mass is 15.2. The van der Waals surface area contributed by atoms with E-state index >= 15 is 0 Å². The van der Waals surface area contributed by atoms with Crippen molar-refractivity contribution in [3.8, 4) is 0 Å². The van der Waals surface area contributed by atoms with Gasteiger partial charge in [0, 0.05) is 12.2 Å². The number of hydrogen-bond donors (Lipinski definition) is 1. The molecule has 2 heterocycles. The summed E-state index contributed by atoms with van der Waals surface area (Å²) in [6.07, 6.45) is 4.08. The number of nitrogen functional groups attached to an aromatic ring is 1. The largest absolute Gasteiger partial charge is 0.369 e. The molecule has 0 radical (unpaired) electrons. The summed E-state index contributed by atoms with van der Waals surface area (Å²) in [6, 6.07) is 2.37. The van der Waals surface area contributed by atoms with Crippen molar-refractivity contribution in [2.24, 2.45) is 0 Å². The van der Waals surface area contributed by atoms with Crippen LogP contribution in [0.25, 0.3) is 11.2 Å². The van der Waals surface area contributed by atoms with E-state index in [1.165, 1.54) is 0 Å². The monoisotopic (exact) mass is 218 g/mol. The van der Waals surface area contributed by atoms with E-state index in [2.05, 4.69) is 23.8 Å². The first-order valence-electron chi connectivity index (χ1n) is 5.73. The number of nitrogens with zero attached hydrogens (tertiary/aromatic N) is 3. The first-order valence-corrected chi connectivity index (χ1v) is 5.73. The predicted molar refractivity (Wildman–Crippen MR) is 66.3 cm³/mol. The molecular weight excluding hydrogens is 200 g/mol. The lowest BCUT2D eigenvalue weighted by molar-refractivity contribution is 0.515. The summed E-state index contributed by atoms with van der Waals surface area (Å²) in [6.45, 7) is 6.34. The third kappa shape index (κ3) is 1.75. The Kier molecular flexibility index (Phi) is 2.81. The van der Waals surface area contributed by atoms with Crippen molar-refractivity contribution < 1.29 is 0 Å². The van der Waals surface area contributed by atoms with E-state index in [4.69, 9.17) is 5.73 Å². The van der Waals surface area contributed by atoms with Crippen LogP contribution in [0.4, 0.5) is 5.95 Å². The van der Waals surface area contributed by atoms with Gasteiger partial charge in [0.2, 0.25) is 5.95 Å². The highest BCUT2D eigenvalue weighted by Crippen LogP contribution is 2.24. The summed E-state index contributed by atoms with van der Waals surface area (Å²) < 4.78 is 2.03. The highest BCUT2D eigenvalue weighted by Gasteiger charge is 2.14. The fourth-order valence-electron chi connectivity index (χ4n) is 2.08. The Balaban J connectivity index is 2.55. The number of nitrogens with two attached hydrogens (primary N) is 1. The number of aryl methyl sites for hydroxylation is 1. The zero-order valence-electron chi connectivity index (χ0n) is 10.1. The molecule has 0 fully saturated rings. The molecule has 0 spiro atoms. The lowest BCUT2D eigenvalue weighted by atomic mass is 10.2. The van der Waals surface area contributed by atoms with E-state index < -0.39 is 0 Å². The fraction of sp³-hybridized carbons (Fsp3) is 0.500. The second kappa shape index (κ2) is 4.12. The first-order chi connectivity index (χ1) is 7.63. The molecule has 2 aromatic heterocycles. The summed E-state index contributed by atoms with van der Waals surface area (Å²) in [5.74, 6) is 0.564. The van der Waals surface area contributed by atoms with E-state index in [9.17, 15) is 0 Å². The van der Waals surface area contributed by atoms with Gasteiger partial charge in [0.1, 0.15) is 5.52 Å². The van der Waals surface area contributed by atoms with Crippen molar-refractivity contribution in [3.63, 3.8) is 0 Å². The van der Waals surface area contributed by atoms with Gasteiger partial charge in [-0.15, -0.1) is 0 Å². The van der Waals surface area contributed by atoms with Gasteiger partial charge in [-0.05, 0) is 31.9 Å². The summed E-state index contributed by atoms with van der Waals surface area (Å²) in [7, 11) is 0. The zero-order valence-corrected chi connectivity index (χ0v) is 10.1. The van der Waals surface area contributed by atoms with E-state index in [0.29, 0.717) is 12.0 Å². The molecule has 0 aliphatic heterocycles. The van der Waals surface area contributed by atoms with Gasteiger partial charge in [-0.25, -0.2) is 9.97 Å². The average molecular weight is 218 g/mol. The van der Waals surface area contributed by atoms with Gasteiger partial charge in [0.25, 0.3) is 0 Å². The SMILES string of the molecule is CCCC(C)n1c(N)nc2cc(C)cnc21. The van der Waals surface area contributed by atoms with Crippen LogP contribution in [-0.4, -0.2) is 14.5 Å². The molecule has 0 bridgehead atoms. The van der Waals surface area contributed by atoms with Crippen LogP contribution in [-0.2, 0) is 0 Å². The second-order valence-corrected chi connectivity index (χ2v) is 4.33. The Labute approximate surface area is 95.5 Å². The Morgan fingerprint density at radius 3 is 2.94 bits per heavy atom. The molecule has 1 unspecified atom stereocenters. The minimum atomic E-state index is 0.352. The molecule has 0 saturated carbocycles. The van der Waals surface area contributed by atoms with Crippen molar-refractivity contribution in [1.29, 1.82) is 0 Å². The molecule has 0 aliphatic carbocycles. The summed E-state index contributed by atoms with van der Waals surface area (Å²) >= 11 is 0. The number of hydrogen-bond acceptors (Lipinski definition) is 3. The minimum Gasteiger partial charge on any atom is -0.369 e. The van der Waals surface area contributed by atoms with Gasteiger partial charge in [-0.3, -0.25) is 4.57 Å². The van der Waals surface area contributed by atoms with Gasteiger partial charge >= 0.3 is 0 Å². The van der Waals surface area contributed by atoms with Crippen LogP contribution in [0.5, 0.6) is 0 Å². The van der Waals surface area contributed by atoms with Crippen LogP contribution in [0.3, 0.4) is 0 Å². The summed E-state index contributed by atoms with van der Waals surface area (Å²) in [4.78, 5) is 8.78. The van der Waals surface area contributed by atoms with Crippen LogP contribution in [0.1, 0.15) is 38.3 Å². The van der Waals surface area contributed by atoms with Crippen LogP contribution >= 0.6 is 0 Å². The van der Waals surface area contributed by atoms with Gasteiger partial charge in [0.05, 0.1) is 0 Å². The number of anilines is 1. The second-order valence-electron chi connectivity index (χ2n) is 4.33. The molecule has 2 rings (SSSR count). The summed E-state index contributed by atoms with van der Waals surface area (Å²) in [5, 5.41) is 0. The van der Waals surface area contributed by atoms with Crippen molar-refractivity contribution in [3.05, 3.63) is 17.8 Å². The molecule has 4 heteroatoms. The number of fused-ring (bicyclic) bond motifs is 1. The predicted octanol–water partition coefficient (Wildman–Crippen LogP) is 2.68. The molecule has 0 aromatic carbocycles. The topological polar surface area (TPSA) is 56.7 Å². The molecule has 86 valence electrons. The fourth-order valence-corrected chi connectivity index (χ4v) is 2.08. The maximum absolute atomic E-state index is 5.95. The van der Waals surface area contributed by atoms with E-state index in [-0.39, 0.29) is 0 Å². The Bertz CT molecular complexity index is 501. The number of pyridine rings is 1. The minimum absolute atomic E-state index is 0.352. The standard InChI is InChI=1S/C12H18N4/c1-4-5-9(3)16-11-10(15-12(16)13)6-8(2)7-14-11/h6-7,9H,4-5H2,1-3H3,(H2,13,15).